The molecule has 9 N–H and O–H groups in total. The number of aromatic amines is 1. The number of aliphatic hydroxyl groups is 1. The standard InChI is InChI=1S/C19H30N6O8S/c1-9(26)15(18(31)24-13(19(32)33)6-14(27)28)25-17(30)12(5-10-7-21-8-22-10)23-16(29)11(20)3-4-34-2/h7-9,11-13,15,26H,3-6,20H2,1-2H3,(H,21,22)(H,23,29)(H,24,31)(H,25,30)(H,27,28)(H,32,33). The van der Waals surface area contributed by atoms with E-state index in [4.69, 9.17) is 15.9 Å². The number of aromatic nitrogens is 2. The number of imidazole rings is 1. The fourth-order valence-electron chi connectivity index (χ4n) is 2.78. The molecule has 1 aromatic heterocycles. The molecule has 1 aromatic rings. The van der Waals surface area contributed by atoms with Crippen LogP contribution in [0.5, 0.6) is 0 Å². The van der Waals surface area contributed by atoms with Crippen LogP contribution in [0, 0.1) is 0 Å². The van der Waals surface area contributed by atoms with Crippen molar-refractivity contribution in [2.45, 2.75) is 56.5 Å². The first kappa shape index (κ1) is 28.9. The van der Waals surface area contributed by atoms with Crippen molar-refractivity contribution in [1.82, 2.24) is 25.9 Å². The van der Waals surface area contributed by atoms with Crippen molar-refractivity contribution in [2.75, 3.05) is 12.0 Å². The predicted molar refractivity (Wildman–Crippen MR) is 121 cm³/mol. The van der Waals surface area contributed by atoms with Gasteiger partial charge in [-0.05, 0) is 25.4 Å². The Hall–Kier alpha value is -3.17. The molecule has 0 bridgehead atoms. The van der Waals surface area contributed by atoms with Crippen molar-refractivity contribution in [3.05, 3.63) is 18.2 Å². The van der Waals surface area contributed by atoms with Crippen LogP contribution in [0.25, 0.3) is 0 Å². The second-order valence-electron chi connectivity index (χ2n) is 7.45. The molecule has 0 radical (unpaired) electrons. The number of carbonyl (C=O) groups is 5. The van der Waals surface area contributed by atoms with Crippen molar-refractivity contribution in [3.8, 4) is 0 Å². The SMILES string of the molecule is CSCCC(N)C(=O)NC(Cc1cnc[nH]1)C(=O)NC(C(=O)NC(CC(=O)O)C(=O)O)C(C)O. The maximum absolute atomic E-state index is 13.0. The monoisotopic (exact) mass is 502 g/mol. The first-order chi connectivity index (χ1) is 16.0. The molecular weight excluding hydrogens is 472 g/mol. The van der Waals surface area contributed by atoms with Crippen LogP contribution in [0.1, 0.15) is 25.5 Å². The Labute approximate surface area is 199 Å². The summed E-state index contributed by atoms with van der Waals surface area (Å²) in [5, 5.41) is 34.7. The number of amides is 3. The highest BCUT2D eigenvalue weighted by molar-refractivity contribution is 7.98. The number of H-pyrrole nitrogens is 1. The summed E-state index contributed by atoms with van der Waals surface area (Å²) in [7, 11) is 0. The molecule has 0 aliphatic carbocycles. The summed E-state index contributed by atoms with van der Waals surface area (Å²) in [4.78, 5) is 66.7. The number of nitrogens with zero attached hydrogens (tertiary/aromatic N) is 1. The van der Waals surface area contributed by atoms with E-state index in [0.29, 0.717) is 17.9 Å². The molecule has 5 unspecified atom stereocenters. The molecule has 5 atom stereocenters. The smallest absolute Gasteiger partial charge is 0.326 e. The minimum Gasteiger partial charge on any atom is -0.481 e. The van der Waals surface area contributed by atoms with Gasteiger partial charge in [-0.2, -0.15) is 11.8 Å². The van der Waals surface area contributed by atoms with Gasteiger partial charge in [0.25, 0.3) is 0 Å². The van der Waals surface area contributed by atoms with Crippen LogP contribution in [0.3, 0.4) is 0 Å². The molecule has 0 aromatic carbocycles. The second kappa shape index (κ2) is 14.2. The van der Waals surface area contributed by atoms with Crippen molar-refractivity contribution >= 4 is 41.4 Å². The Morgan fingerprint density at radius 2 is 1.74 bits per heavy atom. The van der Waals surface area contributed by atoms with Gasteiger partial charge in [0.1, 0.15) is 18.1 Å². The highest BCUT2D eigenvalue weighted by Gasteiger charge is 2.33. The van der Waals surface area contributed by atoms with E-state index < -0.39 is 66.4 Å². The summed E-state index contributed by atoms with van der Waals surface area (Å²) in [6, 6.07) is -5.50. The number of hydrogen-bond acceptors (Lipinski definition) is 9. The summed E-state index contributed by atoms with van der Waals surface area (Å²) in [5.41, 5.74) is 6.35. The highest BCUT2D eigenvalue weighted by Crippen LogP contribution is 2.05. The topological polar surface area (TPSA) is 237 Å². The van der Waals surface area contributed by atoms with Crippen molar-refractivity contribution in [3.63, 3.8) is 0 Å². The van der Waals surface area contributed by atoms with Gasteiger partial charge < -0.3 is 42.0 Å². The summed E-state index contributed by atoms with van der Waals surface area (Å²) >= 11 is 1.50. The lowest BCUT2D eigenvalue weighted by Crippen LogP contribution is -2.60. The van der Waals surface area contributed by atoms with E-state index in [9.17, 15) is 29.1 Å². The Morgan fingerprint density at radius 1 is 1.09 bits per heavy atom. The normalized spacial score (nSPS) is 15.3. The van der Waals surface area contributed by atoms with Gasteiger partial charge in [-0.1, -0.05) is 0 Å². The number of carbonyl (C=O) groups excluding carboxylic acids is 3. The fourth-order valence-corrected chi connectivity index (χ4v) is 3.27. The average Bonchev–Trinajstić information content (AvgIpc) is 3.26. The molecule has 14 nitrogen and oxygen atoms in total. The number of aliphatic carboxylic acids is 2. The third kappa shape index (κ3) is 9.76. The average molecular weight is 503 g/mol. The van der Waals surface area contributed by atoms with E-state index in [1.807, 2.05) is 11.6 Å². The summed E-state index contributed by atoms with van der Waals surface area (Å²) < 4.78 is 0. The van der Waals surface area contributed by atoms with Gasteiger partial charge in [0.2, 0.25) is 17.7 Å². The Kier molecular flexibility index (Phi) is 12.0. The zero-order valence-electron chi connectivity index (χ0n) is 18.7. The third-order valence-corrected chi connectivity index (χ3v) is 5.28. The molecule has 0 aliphatic heterocycles. The lowest BCUT2D eigenvalue weighted by Gasteiger charge is -2.26. The first-order valence-electron chi connectivity index (χ1n) is 10.2. The largest absolute Gasteiger partial charge is 0.481 e. The van der Waals surface area contributed by atoms with Crippen molar-refractivity contribution < 1.29 is 39.3 Å². The van der Waals surface area contributed by atoms with Gasteiger partial charge in [0.05, 0.1) is 24.9 Å². The molecule has 3 amide bonds. The maximum Gasteiger partial charge on any atom is 0.326 e. The number of aliphatic hydroxyl groups excluding tert-OH is 1. The van der Waals surface area contributed by atoms with Crippen LogP contribution < -0.4 is 21.7 Å². The number of hydrogen-bond donors (Lipinski definition) is 8. The zero-order chi connectivity index (χ0) is 25.8. The van der Waals surface area contributed by atoms with Crippen molar-refractivity contribution in [2.24, 2.45) is 5.73 Å². The quantitative estimate of drug-likeness (QED) is 0.124. The van der Waals surface area contributed by atoms with Gasteiger partial charge in [0, 0.05) is 18.3 Å². The number of carboxylic acid groups (broad SMARTS) is 2. The molecular formula is C19H30N6O8S. The van der Waals surface area contributed by atoms with Gasteiger partial charge in [-0.15, -0.1) is 0 Å². The van der Waals surface area contributed by atoms with Crippen LogP contribution >= 0.6 is 11.8 Å². The summed E-state index contributed by atoms with van der Waals surface area (Å²) in [6.45, 7) is 1.18. The van der Waals surface area contributed by atoms with E-state index in [1.54, 1.807) is 0 Å². The fraction of sp³-hybridized carbons (Fsp3) is 0.579. The van der Waals surface area contributed by atoms with E-state index >= 15 is 0 Å². The van der Waals surface area contributed by atoms with E-state index in [0.717, 1.165) is 0 Å². The van der Waals surface area contributed by atoms with Crippen LogP contribution in [-0.4, -0.2) is 97.2 Å². The van der Waals surface area contributed by atoms with E-state index in [1.165, 1.54) is 31.2 Å². The van der Waals surface area contributed by atoms with Gasteiger partial charge in [0.15, 0.2) is 0 Å². The molecule has 34 heavy (non-hydrogen) atoms. The molecule has 15 heteroatoms. The number of rotatable bonds is 15. The molecule has 0 spiro atoms. The second-order valence-corrected chi connectivity index (χ2v) is 8.44. The molecule has 190 valence electrons. The number of thioether (sulfide) groups is 1. The molecule has 1 rings (SSSR count). The Bertz CT molecular complexity index is 850. The Morgan fingerprint density at radius 3 is 2.24 bits per heavy atom. The molecule has 0 saturated heterocycles. The van der Waals surface area contributed by atoms with Crippen LogP contribution in [0.4, 0.5) is 0 Å². The summed E-state index contributed by atoms with van der Waals surface area (Å²) in [6.07, 6.45) is 2.59. The number of nitrogens with one attached hydrogen (secondary N) is 4. The van der Waals surface area contributed by atoms with E-state index in [2.05, 4.69) is 20.6 Å². The van der Waals surface area contributed by atoms with Gasteiger partial charge in [-0.3, -0.25) is 19.2 Å². The number of nitrogens with two attached hydrogens (primary N) is 1. The Balaban J connectivity index is 3.00. The van der Waals surface area contributed by atoms with Crippen molar-refractivity contribution in [1.29, 1.82) is 0 Å². The van der Waals surface area contributed by atoms with E-state index in [-0.39, 0.29) is 6.42 Å². The molecule has 0 saturated carbocycles. The minimum atomic E-state index is -1.78. The molecule has 1 heterocycles. The number of carboxylic acids is 2. The lowest BCUT2D eigenvalue weighted by molar-refractivity contribution is -0.148. The molecule has 0 fully saturated rings. The molecule has 0 aliphatic rings. The van der Waals surface area contributed by atoms with Crippen LogP contribution in [0.2, 0.25) is 0 Å². The minimum absolute atomic E-state index is 0.0439. The zero-order valence-corrected chi connectivity index (χ0v) is 19.5. The highest BCUT2D eigenvalue weighted by atomic mass is 32.2. The first-order valence-corrected chi connectivity index (χ1v) is 11.6. The van der Waals surface area contributed by atoms with Crippen LogP contribution in [0.15, 0.2) is 12.5 Å². The predicted octanol–water partition coefficient (Wildman–Crippen LogP) is -2.57. The summed E-state index contributed by atoms with van der Waals surface area (Å²) in [5.74, 6) is -5.01. The third-order valence-electron chi connectivity index (χ3n) is 4.64. The van der Waals surface area contributed by atoms with Gasteiger partial charge in [-0.25, -0.2) is 9.78 Å². The maximum atomic E-state index is 13.0. The lowest BCUT2D eigenvalue weighted by atomic mass is 10.1. The van der Waals surface area contributed by atoms with Crippen LogP contribution in [-0.2, 0) is 30.4 Å². The van der Waals surface area contributed by atoms with Gasteiger partial charge >= 0.3 is 11.9 Å².